The van der Waals surface area contributed by atoms with Crippen molar-refractivity contribution in [2.75, 3.05) is 7.11 Å². The normalized spacial score (nSPS) is 10.4. The molecule has 1 aromatic rings. The van der Waals surface area contributed by atoms with Gasteiger partial charge in [-0.3, -0.25) is 0 Å². The number of nitro groups is 3. The molecule has 0 spiro atoms. The summed E-state index contributed by atoms with van der Waals surface area (Å²) in [5.41, 5.74) is 0. The summed E-state index contributed by atoms with van der Waals surface area (Å²) < 4.78 is 1.92. The summed E-state index contributed by atoms with van der Waals surface area (Å²) >= 11 is -3.30. The number of rotatable bonds is 6. The van der Waals surface area contributed by atoms with E-state index >= 15 is 0 Å². The minimum atomic E-state index is -3.30. The molecule has 98 valence electrons. The Labute approximate surface area is 118 Å². The molecule has 0 aliphatic heterocycles. The Kier molecular flexibility index (Phi) is 4.70. The Bertz CT molecular complexity index is 482. The SMILES string of the molecule is COc1cc[c]([Hg][C]([N+](=O)[O-])([N+](=O)[O-])[N+](=O)[O-])cc1. The number of nitrogens with zero attached hydrogens (tertiary/aromatic N) is 3. The van der Waals surface area contributed by atoms with Crippen LogP contribution in [0.3, 0.4) is 0 Å². The van der Waals surface area contributed by atoms with Gasteiger partial charge in [0.2, 0.25) is 0 Å². The Morgan fingerprint density at radius 2 is 1.42 bits per heavy atom. The van der Waals surface area contributed by atoms with Crippen LogP contribution in [0.4, 0.5) is 0 Å². The van der Waals surface area contributed by atoms with Crippen molar-refractivity contribution in [1.82, 2.24) is 0 Å². The molecular weight excluding hydrogens is 451 g/mol. The van der Waals surface area contributed by atoms with Gasteiger partial charge in [-0.1, -0.05) is 0 Å². The van der Waals surface area contributed by atoms with Crippen molar-refractivity contribution in [1.29, 1.82) is 0 Å². The van der Waals surface area contributed by atoms with E-state index in [1.54, 1.807) is 0 Å². The van der Waals surface area contributed by atoms with Crippen molar-refractivity contribution < 1.29 is 44.1 Å². The number of hydrogen-bond acceptors (Lipinski definition) is 7. The van der Waals surface area contributed by atoms with Gasteiger partial charge in [-0.05, 0) is 0 Å². The summed E-state index contributed by atoms with van der Waals surface area (Å²) in [6.45, 7) is 0. The summed E-state index contributed by atoms with van der Waals surface area (Å²) in [4.78, 5) is 28.1. The predicted octanol–water partition coefficient (Wildman–Crippen LogP) is -0.156. The van der Waals surface area contributed by atoms with E-state index in [4.69, 9.17) is 4.74 Å². The molecule has 11 heteroatoms. The van der Waals surface area contributed by atoms with Crippen LogP contribution in [0.25, 0.3) is 0 Å². The molecule has 0 N–H and O–H groups in total. The van der Waals surface area contributed by atoms with E-state index in [-0.39, 0.29) is 0 Å². The Morgan fingerprint density at radius 1 is 1.00 bits per heavy atom. The van der Waals surface area contributed by atoms with Crippen LogP contribution >= 0.6 is 0 Å². The van der Waals surface area contributed by atoms with E-state index in [9.17, 15) is 30.3 Å². The molecule has 0 saturated heterocycles. The Morgan fingerprint density at radius 3 is 1.74 bits per heavy atom. The molecular formula is C8H7HgN3O7. The molecule has 0 unspecified atom stereocenters. The zero-order valence-electron chi connectivity index (χ0n) is 9.72. The fraction of sp³-hybridized carbons (Fsp3) is 0.250. The van der Waals surface area contributed by atoms with Gasteiger partial charge in [0.25, 0.3) is 0 Å². The van der Waals surface area contributed by atoms with Crippen LogP contribution in [-0.4, -0.2) is 25.2 Å². The monoisotopic (exact) mass is 459 g/mol. The molecule has 10 nitrogen and oxygen atoms in total. The first-order chi connectivity index (χ1) is 8.84. The van der Waals surface area contributed by atoms with Crippen LogP contribution in [0.1, 0.15) is 0 Å². The second kappa shape index (κ2) is 5.86. The van der Waals surface area contributed by atoms with Gasteiger partial charge in [-0.25, -0.2) is 0 Å². The van der Waals surface area contributed by atoms with E-state index < -0.39 is 42.6 Å². The van der Waals surface area contributed by atoms with Crippen molar-refractivity contribution in [2.45, 2.75) is 3.30 Å². The second-order valence-electron chi connectivity index (χ2n) is 3.57. The molecule has 1 aromatic carbocycles. The average Bonchev–Trinajstić information content (AvgIpc) is 2.35. The number of benzene rings is 1. The molecule has 0 saturated carbocycles. The molecule has 19 heavy (non-hydrogen) atoms. The molecule has 0 bridgehead atoms. The van der Waals surface area contributed by atoms with E-state index in [1.165, 1.54) is 31.4 Å². The predicted molar refractivity (Wildman–Crippen MR) is 56.3 cm³/mol. The molecule has 1 rings (SSSR count). The van der Waals surface area contributed by atoms with Gasteiger partial charge in [0, 0.05) is 0 Å². The summed E-state index contributed by atoms with van der Waals surface area (Å²) in [6.07, 6.45) is 0. The molecule has 0 aliphatic rings. The van der Waals surface area contributed by atoms with Gasteiger partial charge in [0.15, 0.2) is 0 Å². The Balaban J connectivity index is 3.17. The molecule has 0 heterocycles. The van der Waals surface area contributed by atoms with Gasteiger partial charge in [-0.15, -0.1) is 0 Å². The molecule has 0 aliphatic carbocycles. The average molecular weight is 458 g/mol. The quantitative estimate of drug-likeness (QED) is 0.250. The van der Waals surface area contributed by atoms with Crippen molar-refractivity contribution in [3.8, 4) is 5.75 Å². The van der Waals surface area contributed by atoms with E-state index in [0.717, 1.165) is 0 Å². The third-order valence-corrected chi connectivity index (χ3v) is 10.8. The van der Waals surface area contributed by atoms with Gasteiger partial charge < -0.3 is 0 Å². The summed E-state index contributed by atoms with van der Waals surface area (Å²) in [5, 5.41) is 32.4. The number of hydrogen-bond donors (Lipinski definition) is 0. The van der Waals surface area contributed by atoms with Crippen LogP contribution in [0.2, 0.25) is 0 Å². The summed E-state index contributed by atoms with van der Waals surface area (Å²) in [6, 6.07) is 5.71. The van der Waals surface area contributed by atoms with Gasteiger partial charge >= 0.3 is 118 Å². The van der Waals surface area contributed by atoms with Crippen molar-refractivity contribution in [3.63, 3.8) is 0 Å². The zero-order valence-corrected chi connectivity index (χ0v) is 15.2. The zero-order chi connectivity index (χ0) is 14.6. The van der Waals surface area contributed by atoms with Crippen molar-refractivity contribution in [2.24, 2.45) is 0 Å². The van der Waals surface area contributed by atoms with Crippen LogP contribution < -0.4 is 7.81 Å². The van der Waals surface area contributed by atoms with Crippen LogP contribution in [-0.2, 0) is 24.6 Å². The first-order valence-electron chi connectivity index (χ1n) is 4.91. The van der Waals surface area contributed by atoms with Gasteiger partial charge in [-0.2, -0.15) is 0 Å². The van der Waals surface area contributed by atoms with Crippen molar-refractivity contribution in [3.05, 3.63) is 54.6 Å². The van der Waals surface area contributed by atoms with Crippen LogP contribution in [0, 0.1) is 30.3 Å². The standard InChI is InChI=1S/C7H7O.CN3O6.Hg/c1-8-7-5-3-2-4-6-7;5-2(6)1(3(7)8)4(9)10;/h3-6H,1H3;;. The summed E-state index contributed by atoms with van der Waals surface area (Å²) in [7, 11) is 1.41. The first kappa shape index (κ1) is 15.2. The second-order valence-corrected chi connectivity index (χ2v) is 11.8. The molecule has 0 fully saturated rings. The Hall–Kier alpha value is -1.84. The minimum absolute atomic E-state index is 0.311. The third kappa shape index (κ3) is 2.94. The summed E-state index contributed by atoms with van der Waals surface area (Å²) in [5.74, 6) is 0.464. The van der Waals surface area contributed by atoms with E-state index in [2.05, 4.69) is 0 Å². The molecule has 0 aromatic heterocycles. The fourth-order valence-electron chi connectivity index (χ4n) is 1.41. The van der Waals surface area contributed by atoms with Crippen molar-refractivity contribution >= 4 is 3.07 Å². The van der Waals surface area contributed by atoms with Gasteiger partial charge in [0.1, 0.15) is 0 Å². The molecule has 0 atom stereocenters. The maximum absolute atomic E-state index is 10.8. The molecule has 0 radical (unpaired) electrons. The van der Waals surface area contributed by atoms with E-state index in [0.29, 0.717) is 8.82 Å². The fourth-order valence-corrected chi connectivity index (χ4v) is 6.88. The van der Waals surface area contributed by atoms with Crippen LogP contribution in [0.5, 0.6) is 5.75 Å². The topological polar surface area (TPSA) is 139 Å². The molecule has 0 amide bonds. The number of ether oxygens (including phenoxy) is 1. The van der Waals surface area contributed by atoms with Crippen LogP contribution in [0.15, 0.2) is 24.3 Å². The third-order valence-electron chi connectivity index (χ3n) is 2.48. The van der Waals surface area contributed by atoms with Gasteiger partial charge in [0.05, 0.1) is 0 Å². The first-order valence-corrected chi connectivity index (χ1v) is 10.4. The van der Waals surface area contributed by atoms with E-state index in [1.807, 2.05) is 0 Å². The maximum atomic E-state index is 10.8. The number of methoxy groups -OCH3 is 1.